The van der Waals surface area contributed by atoms with E-state index in [-0.39, 0.29) is 17.0 Å². The Balaban J connectivity index is 2.15. The molecule has 3 nitrogen and oxygen atoms in total. The highest BCUT2D eigenvalue weighted by Gasteiger charge is 2.38. The van der Waals surface area contributed by atoms with Crippen LogP contribution in [0.5, 0.6) is 0 Å². The quantitative estimate of drug-likeness (QED) is 0.852. The van der Waals surface area contributed by atoms with Gasteiger partial charge in [-0.25, -0.2) is 9.97 Å². The van der Waals surface area contributed by atoms with Crippen molar-refractivity contribution in [2.24, 2.45) is 5.92 Å². The van der Waals surface area contributed by atoms with E-state index >= 15 is 0 Å². The van der Waals surface area contributed by atoms with E-state index in [0.717, 1.165) is 12.8 Å². The number of alkyl halides is 3. The Bertz CT molecular complexity index is 422. The minimum Gasteiger partial charge on any atom is -0.367 e. The zero-order chi connectivity index (χ0) is 12.6. The predicted molar refractivity (Wildman–Crippen MR) is 57.9 cm³/mol. The summed E-state index contributed by atoms with van der Waals surface area (Å²) in [5, 5.41) is 2.73. The van der Waals surface area contributed by atoms with E-state index in [2.05, 4.69) is 15.3 Å². The molecular formula is C10H11ClF3N3. The molecule has 0 radical (unpaired) electrons. The summed E-state index contributed by atoms with van der Waals surface area (Å²) >= 11 is 5.54. The lowest BCUT2D eigenvalue weighted by Crippen LogP contribution is -2.14. The van der Waals surface area contributed by atoms with Crippen molar-refractivity contribution in [3.8, 4) is 0 Å². The van der Waals surface area contributed by atoms with Crippen molar-refractivity contribution in [3.05, 3.63) is 17.0 Å². The highest BCUT2D eigenvalue weighted by molar-refractivity contribution is 6.29. The van der Waals surface area contributed by atoms with E-state index in [1.807, 2.05) is 6.92 Å². The second-order valence-corrected chi connectivity index (χ2v) is 4.44. The second kappa shape index (κ2) is 4.33. The van der Waals surface area contributed by atoms with Crippen LogP contribution in [0, 0.1) is 5.92 Å². The van der Waals surface area contributed by atoms with Gasteiger partial charge in [0.2, 0.25) is 5.82 Å². The van der Waals surface area contributed by atoms with Gasteiger partial charge >= 0.3 is 6.18 Å². The minimum absolute atomic E-state index is 0.137. The molecule has 0 aromatic carbocycles. The smallest absolute Gasteiger partial charge is 0.367 e. The molecule has 94 valence electrons. The van der Waals surface area contributed by atoms with E-state index in [1.165, 1.54) is 6.07 Å². The van der Waals surface area contributed by atoms with Gasteiger partial charge in [0.05, 0.1) is 0 Å². The molecule has 0 amide bonds. The monoisotopic (exact) mass is 265 g/mol. The van der Waals surface area contributed by atoms with Gasteiger partial charge in [-0.05, 0) is 12.3 Å². The number of nitrogens with zero attached hydrogens (tertiary/aromatic N) is 2. The first-order valence-electron chi connectivity index (χ1n) is 5.28. The van der Waals surface area contributed by atoms with Crippen LogP contribution in [-0.4, -0.2) is 16.0 Å². The Morgan fingerprint density at radius 2 is 2.18 bits per heavy atom. The molecule has 0 bridgehead atoms. The van der Waals surface area contributed by atoms with Crippen molar-refractivity contribution < 1.29 is 13.2 Å². The van der Waals surface area contributed by atoms with Crippen LogP contribution in [0.1, 0.15) is 25.6 Å². The van der Waals surface area contributed by atoms with Crippen LogP contribution in [0.25, 0.3) is 0 Å². The van der Waals surface area contributed by atoms with E-state index < -0.39 is 12.0 Å². The van der Waals surface area contributed by atoms with Gasteiger partial charge in [0.1, 0.15) is 11.0 Å². The number of hydrogen-bond donors (Lipinski definition) is 1. The van der Waals surface area contributed by atoms with Gasteiger partial charge in [-0.2, -0.15) is 13.2 Å². The van der Waals surface area contributed by atoms with E-state index in [1.54, 1.807) is 0 Å². The van der Waals surface area contributed by atoms with Crippen molar-refractivity contribution >= 4 is 17.4 Å². The molecule has 7 heteroatoms. The summed E-state index contributed by atoms with van der Waals surface area (Å²) in [5.74, 6) is -0.558. The van der Waals surface area contributed by atoms with Gasteiger partial charge in [-0.3, -0.25) is 0 Å². The summed E-state index contributed by atoms with van der Waals surface area (Å²) in [4.78, 5) is 6.58. The average Bonchev–Trinajstić information content (AvgIpc) is 2.94. The van der Waals surface area contributed by atoms with Crippen LogP contribution in [0.4, 0.5) is 19.0 Å². The molecule has 1 heterocycles. The summed E-state index contributed by atoms with van der Waals surface area (Å²) in [6.07, 6.45) is -2.61. The second-order valence-electron chi connectivity index (χ2n) is 4.05. The Kier molecular flexibility index (Phi) is 3.16. The first-order valence-corrected chi connectivity index (χ1v) is 5.66. The van der Waals surface area contributed by atoms with Gasteiger partial charge in [0.15, 0.2) is 0 Å². The molecule has 1 N–H and O–H groups in total. The Morgan fingerprint density at radius 1 is 1.47 bits per heavy atom. The number of nitrogens with one attached hydrogen (secondary N) is 1. The first-order chi connectivity index (χ1) is 7.90. The molecule has 2 atom stereocenters. The van der Waals surface area contributed by atoms with Crippen LogP contribution in [-0.2, 0) is 6.18 Å². The summed E-state index contributed by atoms with van der Waals surface area (Å²) in [7, 11) is 0. The average molecular weight is 266 g/mol. The molecule has 0 aliphatic heterocycles. The molecule has 1 aromatic rings. The maximum atomic E-state index is 12.4. The molecular weight excluding hydrogens is 255 g/mol. The topological polar surface area (TPSA) is 37.8 Å². The standard InChI is InChI=1S/C10H11ClF3N3/c1-2-5-3-6(5)15-8-4-7(11)16-9(17-8)10(12,13)14/h4-6H,2-3H2,1H3,(H,15,16,17). The van der Waals surface area contributed by atoms with Crippen molar-refractivity contribution in [3.63, 3.8) is 0 Å². The zero-order valence-corrected chi connectivity index (χ0v) is 9.81. The third kappa shape index (κ3) is 3.00. The summed E-state index contributed by atoms with van der Waals surface area (Å²) in [5.41, 5.74) is 0. The fraction of sp³-hybridized carbons (Fsp3) is 0.600. The normalized spacial score (nSPS) is 23.6. The van der Waals surface area contributed by atoms with Crippen molar-refractivity contribution in [2.45, 2.75) is 32.0 Å². The number of rotatable bonds is 3. The molecule has 1 aliphatic rings. The van der Waals surface area contributed by atoms with E-state index in [4.69, 9.17) is 11.6 Å². The zero-order valence-electron chi connectivity index (χ0n) is 9.05. The molecule has 2 unspecified atom stereocenters. The fourth-order valence-electron chi connectivity index (χ4n) is 1.68. The molecule has 1 aliphatic carbocycles. The molecule has 2 rings (SSSR count). The molecule has 1 saturated carbocycles. The Morgan fingerprint density at radius 3 is 2.71 bits per heavy atom. The van der Waals surface area contributed by atoms with Gasteiger partial charge in [-0.1, -0.05) is 24.9 Å². The number of hydrogen-bond acceptors (Lipinski definition) is 3. The van der Waals surface area contributed by atoms with Gasteiger partial charge in [0.25, 0.3) is 0 Å². The lowest BCUT2D eigenvalue weighted by molar-refractivity contribution is -0.144. The van der Waals surface area contributed by atoms with E-state index in [9.17, 15) is 13.2 Å². The minimum atomic E-state index is -4.57. The van der Waals surface area contributed by atoms with Crippen molar-refractivity contribution in [1.82, 2.24) is 9.97 Å². The maximum absolute atomic E-state index is 12.4. The molecule has 1 aromatic heterocycles. The lowest BCUT2D eigenvalue weighted by Gasteiger charge is -2.09. The molecule has 0 saturated heterocycles. The van der Waals surface area contributed by atoms with Crippen LogP contribution in [0.15, 0.2) is 6.07 Å². The number of halogens is 4. The van der Waals surface area contributed by atoms with Crippen LogP contribution < -0.4 is 5.32 Å². The summed E-state index contributed by atoms with van der Waals surface area (Å²) in [6, 6.07) is 1.51. The number of aromatic nitrogens is 2. The molecule has 1 fully saturated rings. The lowest BCUT2D eigenvalue weighted by atomic mass is 10.3. The fourth-order valence-corrected chi connectivity index (χ4v) is 1.87. The van der Waals surface area contributed by atoms with Gasteiger partial charge in [0, 0.05) is 12.1 Å². The maximum Gasteiger partial charge on any atom is 0.451 e. The van der Waals surface area contributed by atoms with Crippen LogP contribution in [0.2, 0.25) is 5.15 Å². The first kappa shape index (κ1) is 12.4. The van der Waals surface area contributed by atoms with Crippen LogP contribution >= 0.6 is 11.6 Å². The third-order valence-electron chi connectivity index (χ3n) is 2.73. The van der Waals surface area contributed by atoms with Crippen LogP contribution in [0.3, 0.4) is 0 Å². The highest BCUT2D eigenvalue weighted by atomic mass is 35.5. The summed E-state index contributed by atoms with van der Waals surface area (Å²) < 4.78 is 37.3. The van der Waals surface area contributed by atoms with Gasteiger partial charge in [-0.15, -0.1) is 0 Å². The molecule has 0 spiro atoms. The SMILES string of the molecule is CCC1CC1Nc1cc(Cl)nc(C(F)(F)F)n1. The Labute approximate surface area is 101 Å². The predicted octanol–water partition coefficient (Wildman–Crippen LogP) is 3.36. The van der Waals surface area contributed by atoms with Crippen molar-refractivity contribution in [2.75, 3.05) is 5.32 Å². The third-order valence-corrected chi connectivity index (χ3v) is 2.92. The number of anilines is 1. The highest BCUT2D eigenvalue weighted by Crippen LogP contribution is 2.36. The molecule has 17 heavy (non-hydrogen) atoms. The largest absolute Gasteiger partial charge is 0.451 e. The van der Waals surface area contributed by atoms with Gasteiger partial charge < -0.3 is 5.32 Å². The summed E-state index contributed by atoms with van der Waals surface area (Å²) in [6.45, 7) is 2.04. The Hall–Kier alpha value is -1.04. The van der Waals surface area contributed by atoms with Crippen molar-refractivity contribution in [1.29, 1.82) is 0 Å². The van der Waals surface area contributed by atoms with E-state index in [0.29, 0.717) is 5.92 Å².